The van der Waals surface area contributed by atoms with Crippen molar-refractivity contribution in [2.45, 2.75) is 30.8 Å². The first-order valence-electron chi connectivity index (χ1n) is 5.55. The summed E-state index contributed by atoms with van der Waals surface area (Å²) in [6, 6.07) is -0.464. The van der Waals surface area contributed by atoms with Crippen molar-refractivity contribution in [1.82, 2.24) is 10.6 Å². The number of carbonyl (C=O) groups excluding carboxylic acids is 1. The van der Waals surface area contributed by atoms with E-state index in [1.165, 1.54) is 0 Å². The van der Waals surface area contributed by atoms with E-state index in [2.05, 4.69) is 10.6 Å². The zero-order valence-electron chi connectivity index (χ0n) is 9.28. The Balaban J connectivity index is 2.64. The van der Waals surface area contributed by atoms with Crippen molar-refractivity contribution < 1.29 is 20.1 Å². The zero-order chi connectivity index (χ0) is 12.0. The molecular weight excluding hydrogens is 212 g/mol. The van der Waals surface area contributed by atoms with Gasteiger partial charge in [0.2, 0.25) is 5.91 Å². The summed E-state index contributed by atoms with van der Waals surface area (Å²) < 4.78 is 0. The third-order valence-electron chi connectivity index (χ3n) is 2.92. The molecular formula is C10H20N2O4. The minimum Gasteiger partial charge on any atom is -0.394 e. The molecule has 1 amide bonds. The van der Waals surface area contributed by atoms with Crippen molar-refractivity contribution in [3.8, 4) is 0 Å². The maximum Gasteiger partial charge on any atom is 0.237 e. The Bertz CT molecular complexity index is 223. The molecule has 6 heteroatoms. The summed E-state index contributed by atoms with van der Waals surface area (Å²) in [4.78, 5) is 11.6. The molecule has 0 radical (unpaired) electrons. The Morgan fingerprint density at radius 1 is 1.25 bits per heavy atom. The summed E-state index contributed by atoms with van der Waals surface area (Å²) in [6.07, 6.45) is 2.47. The average Bonchev–Trinajstić information content (AvgIpc) is 2.52. The number of hydrogen-bond acceptors (Lipinski definition) is 5. The summed E-state index contributed by atoms with van der Waals surface area (Å²) in [6.45, 7) is -0.585. The fraction of sp³-hybridized carbons (Fsp3) is 0.900. The third kappa shape index (κ3) is 3.15. The van der Waals surface area contributed by atoms with Crippen LogP contribution in [-0.4, -0.2) is 59.2 Å². The van der Waals surface area contributed by atoms with Crippen LogP contribution < -0.4 is 10.6 Å². The van der Waals surface area contributed by atoms with Gasteiger partial charge in [0.1, 0.15) is 0 Å². The molecule has 0 aliphatic carbocycles. The second kappa shape index (κ2) is 6.15. The van der Waals surface area contributed by atoms with Crippen LogP contribution in [0.3, 0.4) is 0 Å². The van der Waals surface area contributed by atoms with Crippen molar-refractivity contribution in [2.75, 3.05) is 26.4 Å². The molecule has 6 nitrogen and oxygen atoms in total. The fourth-order valence-corrected chi connectivity index (χ4v) is 1.73. The minimum absolute atomic E-state index is 0.141. The van der Waals surface area contributed by atoms with E-state index in [-0.39, 0.29) is 5.91 Å². The van der Waals surface area contributed by atoms with E-state index in [1.54, 1.807) is 0 Å². The van der Waals surface area contributed by atoms with Gasteiger partial charge in [-0.05, 0) is 19.3 Å². The van der Waals surface area contributed by atoms with E-state index in [1.807, 2.05) is 0 Å². The summed E-state index contributed by atoms with van der Waals surface area (Å²) in [5.41, 5.74) is -1.19. The number of nitrogens with one attached hydrogen (secondary N) is 2. The summed E-state index contributed by atoms with van der Waals surface area (Å²) in [7, 11) is 0. The van der Waals surface area contributed by atoms with Crippen LogP contribution in [0.2, 0.25) is 0 Å². The van der Waals surface area contributed by atoms with E-state index in [9.17, 15) is 4.79 Å². The van der Waals surface area contributed by atoms with Gasteiger partial charge in [0.15, 0.2) is 0 Å². The Morgan fingerprint density at radius 2 is 1.88 bits per heavy atom. The standard InChI is InChI=1S/C10H20N2O4/c13-5-10(6-14,7-15)12-8-3-1-2-4-11-9(8)16/h8,12-15H,1-7H2,(H,11,16). The van der Waals surface area contributed by atoms with Gasteiger partial charge in [-0.15, -0.1) is 0 Å². The molecule has 0 aromatic heterocycles. The molecule has 1 rings (SSSR count). The van der Waals surface area contributed by atoms with E-state index < -0.39 is 31.4 Å². The van der Waals surface area contributed by atoms with Crippen LogP contribution in [0.15, 0.2) is 0 Å². The van der Waals surface area contributed by atoms with Gasteiger partial charge in [-0.3, -0.25) is 10.1 Å². The first-order valence-corrected chi connectivity index (χ1v) is 5.55. The molecule has 16 heavy (non-hydrogen) atoms. The highest BCUT2D eigenvalue weighted by atomic mass is 16.3. The lowest BCUT2D eigenvalue weighted by atomic mass is 10.00. The predicted molar refractivity (Wildman–Crippen MR) is 57.8 cm³/mol. The average molecular weight is 232 g/mol. The van der Waals surface area contributed by atoms with Crippen molar-refractivity contribution in [2.24, 2.45) is 0 Å². The van der Waals surface area contributed by atoms with E-state index in [0.717, 1.165) is 12.8 Å². The Labute approximate surface area is 94.7 Å². The normalized spacial score (nSPS) is 22.7. The molecule has 1 heterocycles. The largest absolute Gasteiger partial charge is 0.394 e. The quantitative estimate of drug-likeness (QED) is 0.376. The van der Waals surface area contributed by atoms with Gasteiger partial charge in [-0.25, -0.2) is 0 Å². The van der Waals surface area contributed by atoms with Crippen LogP contribution in [0.4, 0.5) is 0 Å². The number of aliphatic hydroxyl groups excluding tert-OH is 3. The summed E-state index contributed by atoms with van der Waals surface area (Å²) >= 11 is 0. The highest BCUT2D eigenvalue weighted by Gasteiger charge is 2.33. The molecule has 0 aromatic rings. The number of carbonyl (C=O) groups is 1. The van der Waals surface area contributed by atoms with Crippen LogP contribution in [0.1, 0.15) is 19.3 Å². The van der Waals surface area contributed by atoms with Crippen molar-refractivity contribution in [3.63, 3.8) is 0 Å². The lowest BCUT2D eigenvalue weighted by Crippen LogP contribution is -2.61. The highest BCUT2D eigenvalue weighted by molar-refractivity contribution is 5.82. The lowest BCUT2D eigenvalue weighted by Gasteiger charge is -2.32. The third-order valence-corrected chi connectivity index (χ3v) is 2.92. The molecule has 1 aliphatic rings. The zero-order valence-corrected chi connectivity index (χ0v) is 9.28. The van der Waals surface area contributed by atoms with Crippen LogP contribution in [0.25, 0.3) is 0 Å². The molecule has 1 aliphatic heterocycles. The number of rotatable bonds is 5. The van der Waals surface area contributed by atoms with Gasteiger partial charge in [0.25, 0.3) is 0 Å². The molecule has 0 bridgehead atoms. The Morgan fingerprint density at radius 3 is 2.44 bits per heavy atom. The first kappa shape index (κ1) is 13.4. The van der Waals surface area contributed by atoms with E-state index in [4.69, 9.17) is 15.3 Å². The van der Waals surface area contributed by atoms with Crippen LogP contribution in [0, 0.1) is 0 Å². The van der Waals surface area contributed by atoms with Crippen molar-refractivity contribution in [1.29, 1.82) is 0 Å². The molecule has 0 spiro atoms. The van der Waals surface area contributed by atoms with Gasteiger partial charge >= 0.3 is 0 Å². The smallest absolute Gasteiger partial charge is 0.237 e. The molecule has 1 fully saturated rings. The summed E-state index contributed by atoms with van der Waals surface area (Å²) in [5.74, 6) is -0.141. The molecule has 1 saturated heterocycles. The second-order valence-electron chi connectivity index (χ2n) is 4.24. The highest BCUT2D eigenvalue weighted by Crippen LogP contribution is 2.10. The first-order chi connectivity index (χ1) is 7.67. The Hall–Kier alpha value is -0.690. The van der Waals surface area contributed by atoms with Gasteiger partial charge in [0, 0.05) is 6.54 Å². The van der Waals surface area contributed by atoms with Gasteiger partial charge in [0.05, 0.1) is 31.4 Å². The monoisotopic (exact) mass is 232 g/mol. The van der Waals surface area contributed by atoms with Crippen molar-refractivity contribution >= 4 is 5.91 Å². The molecule has 94 valence electrons. The van der Waals surface area contributed by atoms with Crippen LogP contribution in [-0.2, 0) is 4.79 Å². The Kier molecular flexibility index (Phi) is 5.14. The number of hydrogen-bond donors (Lipinski definition) is 5. The topological polar surface area (TPSA) is 102 Å². The number of aliphatic hydroxyl groups is 3. The second-order valence-corrected chi connectivity index (χ2v) is 4.24. The van der Waals surface area contributed by atoms with Gasteiger partial charge in [-0.1, -0.05) is 0 Å². The predicted octanol–water partition coefficient (Wildman–Crippen LogP) is -2.04. The van der Waals surface area contributed by atoms with Gasteiger partial charge < -0.3 is 20.6 Å². The number of amides is 1. The molecule has 0 aromatic carbocycles. The molecule has 1 unspecified atom stereocenters. The SMILES string of the molecule is O=C1NCCCCC1NC(CO)(CO)CO. The molecule has 0 saturated carbocycles. The van der Waals surface area contributed by atoms with Crippen molar-refractivity contribution in [3.05, 3.63) is 0 Å². The van der Waals surface area contributed by atoms with Gasteiger partial charge in [-0.2, -0.15) is 0 Å². The van der Waals surface area contributed by atoms with Crippen LogP contribution >= 0.6 is 0 Å². The fourth-order valence-electron chi connectivity index (χ4n) is 1.73. The summed E-state index contributed by atoms with van der Waals surface area (Å²) in [5, 5.41) is 33.0. The molecule has 1 atom stereocenters. The van der Waals surface area contributed by atoms with Crippen LogP contribution in [0.5, 0.6) is 0 Å². The van der Waals surface area contributed by atoms with E-state index in [0.29, 0.717) is 13.0 Å². The maximum atomic E-state index is 11.6. The van der Waals surface area contributed by atoms with E-state index >= 15 is 0 Å². The molecule has 5 N–H and O–H groups in total. The maximum absolute atomic E-state index is 11.6. The minimum atomic E-state index is -1.19. The lowest BCUT2D eigenvalue weighted by molar-refractivity contribution is -0.124.